The zero-order chi connectivity index (χ0) is 21.8. The topological polar surface area (TPSA) is 17.3 Å². The van der Waals surface area contributed by atoms with Gasteiger partial charge in [0.1, 0.15) is 0 Å². The standard InChI is InChI=1S/C30H24N2/c1-19-9-7-12-25-29(19)27-15-16-31-32(27)26-14-8-13-24(30(25)26)28-20(2)17-23(18-21(28)3)22-10-5-4-6-11-22/h4-18H,1-3H3. The lowest BCUT2D eigenvalue weighted by Crippen LogP contribution is -1.97. The van der Waals surface area contributed by atoms with Gasteiger partial charge in [-0.05, 0) is 77.2 Å². The largest absolute Gasteiger partial charge is 0.232 e. The molecule has 2 heteroatoms. The molecule has 0 saturated carbocycles. The van der Waals surface area contributed by atoms with Gasteiger partial charge in [-0.1, -0.05) is 72.8 Å². The molecule has 2 aromatic heterocycles. The molecule has 0 atom stereocenters. The molecule has 4 aromatic carbocycles. The fourth-order valence-electron chi connectivity index (χ4n) is 5.29. The number of nitrogens with zero attached hydrogens (tertiary/aromatic N) is 2. The number of fused-ring (bicyclic) bond motifs is 6. The van der Waals surface area contributed by atoms with E-state index in [0.717, 1.165) is 11.0 Å². The Balaban J connectivity index is 1.72. The molecule has 0 amide bonds. The molecule has 0 bridgehead atoms. The molecule has 2 nitrogen and oxygen atoms in total. The number of aryl methyl sites for hydroxylation is 3. The summed E-state index contributed by atoms with van der Waals surface area (Å²) >= 11 is 0. The fourth-order valence-corrected chi connectivity index (χ4v) is 5.29. The Bertz CT molecular complexity index is 1620. The van der Waals surface area contributed by atoms with E-state index >= 15 is 0 Å². The SMILES string of the molecule is Cc1cc(-c2ccccc2)cc(C)c1-c1cccc2c1c1cccc(C)c1c1ccnn12. The van der Waals surface area contributed by atoms with E-state index in [9.17, 15) is 0 Å². The third kappa shape index (κ3) is 2.69. The first-order valence-corrected chi connectivity index (χ1v) is 11.1. The molecule has 0 N–H and O–H groups in total. The van der Waals surface area contributed by atoms with Gasteiger partial charge in [-0.15, -0.1) is 0 Å². The smallest absolute Gasteiger partial charge is 0.0750 e. The molecule has 0 saturated heterocycles. The van der Waals surface area contributed by atoms with Crippen molar-refractivity contribution in [1.29, 1.82) is 0 Å². The summed E-state index contributed by atoms with van der Waals surface area (Å²) in [5.41, 5.74) is 11.3. The van der Waals surface area contributed by atoms with Crippen LogP contribution in [0, 0.1) is 20.8 Å². The number of hydrogen-bond donors (Lipinski definition) is 0. The number of rotatable bonds is 2. The molecule has 0 spiro atoms. The van der Waals surface area contributed by atoms with Gasteiger partial charge in [0, 0.05) is 10.8 Å². The summed E-state index contributed by atoms with van der Waals surface area (Å²) in [6.45, 7) is 6.65. The summed E-state index contributed by atoms with van der Waals surface area (Å²) in [4.78, 5) is 0. The Labute approximate surface area is 187 Å². The average Bonchev–Trinajstić information content (AvgIpc) is 3.29. The van der Waals surface area contributed by atoms with Crippen LogP contribution in [0.1, 0.15) is 16.7 Å². The molecule has 0 aliphatic carbocycles. The molecule has 0 aliphatic heterocycles. The van der Waals surface area contributed by atoms with Gasteiger partial charge < -0.3 is 0 Å². The highest BCUT2D eigenvalue weighted by Gasteiger charge is 2.17. The Hall–Kier alpha value is -3.91. The van der Waals surface area contributed by atoms with Crippen LogP contribution in [0.2, 0.25) is 0 Å². The maximum Gasteiger partial charge on any atom is 0.0750 e. The van der Waals surface area contributed by atoms with E-state index in [0.29, 0.717) is 0 Å². The Kier molecular flexibility index (Phi) is 4.16. The minimum Gasteiger partial charge on any atom is -0.232 e. The maximum absolute atomic E-state index is 4.69. The number of hydrogen-bond acceptors (Lipinski definition) is 1. The summed E-state index contributed by atoms with van der Waals surface area (Å²) in [6, 6.07) is 30.6. The lowest BCUT2D eigenvalue weighted by Gasteiger charge is -2.18. The lowest BCUT2D eigenvalue weighted by molar-refractivity contribution is 1.01. The normalized spacial score (nSPS) is 11.6. The van der Waals surface area contributed by atoms with Gasteiger partial charge in [0.25, 0.3) is 0 Å². The molecule has 32 heavy (non-hydrogen) atoms. The summed E-state index contributed by atoms with van der Waals surface area (Å²) in [5.74, 6) is 0. The Morgan fingerprint density at radius 2 is 1.31 bits per heavy atom. The van der Waals surface area contributed by atoms with Crippen molar-refractivity contribution in [3.63, 3.8) is 0 Å². The Morgan fingerprint density at radius 3 is 2.09 bits per heavy atom. The quantitative estimate of drug-likeness (QED) is 0.264. The molecule has 0 aliphatic rings. The van der Waals surface area contributed by atoms with Crippen LogP contribution in [0.4, 0.5) is 0 Å². The molecule has 154 valence electrons. The van der Waals surface area contributed by atoms with Gasteiger partial charge in [-0.25, -0.2) is 4.52 Å². The molecular formula is C30H24N2. The van der Waals surface area contributed by atoms with Crippen molar-refractivity contribution in [2.45, 2.75) is 20.8 Å². The first-order valence-electron chi connectivity index (χ1n) is 11.1. The van der Waals surface area contributed by atoms with E-state index in [1.54, 1.807) is 0 Å². The van der Waals surface area contributed by atoms with Crippen LogP contribution in [0.5, 0.6) is 0 Å². The average molecular weight is 413 g/mol. The highest BCUT2D eigenvalue weighted by molar-refractivity contribution is 6.18. The van der Waals surface area contributed by atoms with Crippen LogP contribution in [0.15, 0.2) is 91.1 Å². The van der Waals surface area contributed by atoms with E-state index < -0.39 is 0 Å². The predicted octanol–water partition coefficient (Wildman–Crippen LogP) is 7.90. The zero-order valence-corrected chi connectivity index (χ0v) is 18.6. The number of benzene rings is 4. The zero-order valence-electron chi connectivity index (χ0n) is 18.6. The highest BCUT2D eigenvalue weighted by atomic mass is 15.2. The van der Waals surface area contributed by atoms with Crippen molar-refractivity contribution in [2.75, 3.05) is 0 Å². The first-order chi connectivity index (χ1) is 15.6. The van der Waals surface area contributed by atoms with Gasteiger partial charge in [0.05, 0.1) is 17.2 Å². The van der Waals surface area contributed by atoms with Gasteiger partial charge in [-0.2, -0.15) is 5.10 Å². The molecule has 2 heterocycles. The van der Waals surface area contributed by atoms with Crippen LogP contribution >= 0.6 is 0 Å². The second-order valence-corrected chi connectivity index (χ2v) is 8.68. The molecule has 0 unspecified atom stereocenters. The second kappa shape index (κ2) is 7.06. The summed E-state index contributed by atoms with van der Waals surface area (Å²) < 4.78 is 2.09. The summed E-state index contributed by atoms with van der Waals surface area (Å²) in [7, 11) is 0. The first kappa shape index (κ1) is 18.8. The molecule has 6 rings (SSSR count). The van der Waals surface area contributed by atoms with Crippen molar-refractivity contribution in [2.24, 2.45) is 0 Å². The summed E-state index contributed by atoms with van der Waals surface area (Å²) in [5, 5.41) is 8.52. The van der Waals surface area contributed by atoms with Gasteiger partial charge in [-0.3, -0.25) is 0 Å². The molecule has 0 radical (unpaired) electrons. The Morgan fingerprint density at radius 1 is 0.594 bits per heavy atom. The molecule has 0 fully saturated rings. The van der Waals surface area contributed by atoms with E-state index in [-0.39, 0.29) is 0 Å². The minimum absolute atomic E-state index is 1.14. The second-order valence-electron chi connectivity index (χ2n) is 8.68. The van der Waals surface area contributed by atoms with Crippen LogP contribution in [-0.4, -0.2) is 9.61 Å². The van der Waals surface area contributed by atoms with Crippen molar-refractivity contribution < 1.29 is 0 Å². The van der Waals surface area contributed by atoms with E-state index in [2.05, 4.69) is 115 Å². The van der Waals surface area contributed by atoms with Crippen LogP contribution in [0.3, 0.4) is 0 Å². The van der Waals surface area contributed by atoms with Gasteiger partial charge >= 0.3 is 0 Å². The fraction of sp³-hybridized carbons (Fsp3) is 0.100. The van der Waals surface area contributed by atoms with E-state index in [1.807, 2.05) is 6.20 Å². The van der Waals surface area contributed by atoms with Crippen LogP contribution < -0.4 is 0 Å². The number of pyridine rings is 1. The minimum atomic E-state index is 1.14. The van der Waals surface area contributed by atoms with Gasteiger partial charge in [0.15, 0.2) is 0 Å². The predicted molar refractivity (Wildman–Crippen MR) is 135 cm³/mol. The van der Waals surface area contributed by atoms with Gasteiger partial charge in [0.2, 0.25) is 0 Å². The third-order valence-electron chi connectivity index (χ3n) is 6.62. The maximum atomic E-state index is 4.69. The lowest BCUT2D eigenvalue weighted by atomic mass is 9.88. The van der Waals surface area contributed by atoms with Crippen LogP contribution in [-0.2, 0) is 0 Å². The van der Waals surface area contributed by atoms with Crippen molar-refractivity contribution >= 4 is 27.2 Å². The molecular weight excluding hydrogens is 388 g/mol. The number of aromatic nitrogens is 2. The van der Waals surface area contributed by atoms with E-state index in [4.69, 9.17) is 0 Å². The van der Waals surface area contributed by atoms with Crippen LogP contribution in [0.25, 0.3) is 49.4 Å². The van der Waals surface area contributed by atoms with Crippen molar-refractivity contribution in [3.8, 4) is 22.3 Å². The van der Waals surface area contributed by atoms with E-state index in [1.165, 1.54) is 55.1 Å². The van der Waals surface area contributed by atoms with Crippen molar-refractivity contribution in [3.05, 3.63) is 108 Å². The third-order valence-corrected chi connectivity index (χ3v) is 6.62. The van der Waals surface area contributed by atoms with Crippen molar-refractivity contribution in [1.82, 2.24) is 9.61 Å². The highest BCUT2D eigenvalue weighted by Crippen LogP contribution is 2.40. The molecule has 6 aromatic rings. The summed E-state index contributed by atoms with van der Waals surface area (Å²) in [6.07, 6.45) is 1.90. The monoisotopic (exact) mass is 412 g/mol.